The molecule has 144 valence electrons. The average molecular weight is 362 g/mol. The maximum Gasteiger partial charge on any atom is 0.0715 e. The first kappa shape index (κ1) is 21.2. The molecule has 0 bridgehead atoms. The van der Waals surface area contributed by atoms with Gasteiger partial charge in [0.25, 0.3) is 0 Å². The van der Waals surface area contributed by atoms with Crippen molar-refractivity contribution < 1.29 is 0 Å². The van der Waals surface area contributed by atoms with Gasteiger partial charge in [-0.3, -0.25) is 0 Å². The molecular formula is C26H35N. The highest BCUT2D eigenvalue weighted by atomic mass is 14.3. The Morgan fingerprint density at radius 2 is 1.41 bits per heavy atom. The molecule has 1 heteroatoms. The van der Waals surface area contributed by atoms with Crippen molar-refractivity contribution in [2.24, 2.45) is 5.92 Å². The van der Waals surface area contributed by atoms with Crippen LogP contribution in [-0.2, 0) is 6.42 Å². The number of hydrogen-bond donors (Lipinski definition) is 0. The fraction of sp³-hybridized carbons (Fsp3) is 0.500. The molecule has 0 spiro atoms. The minimum Gasteiger partial charge on any atom is -0.198 e. The smallest absolute Gasteiger partial charge is 0.0715 e. The highest BCUT2D eigenvalue weighted by molar-refractivity contribution is 5.64. The lowest BCUT2D eigenvalue weighted by molar-refractivity contribution is 0.494. The van der Waals surface area contributed by atoms with Gasteiger partial charge >= 0.3 is 0 Å². The zero-order chi connectivity index (χ0) is 19.5. The summed E-state index contributed by atoms with van der Waals surface area (Å²) in [7, 11) is 0. The van der Waals surface area contributed by atoms with E-state index in [2.05, 4.69) is 75.4 Å². The molecule has 0 radical (unpaired) electrons. The monoisotopic (exact) mass is 361 g/mol. The first-order chi connectivity index (χ1) is 13.2. The van der Waals surface area contributed by atoms with E-state index in [0.29, 0.717) is 5.92 Å². The number of nitriles is 1. The van der Waals surface area contributed by atoms with Crippen LogP contribution < -0.4 is 0 Å². The van der Waals surface area contributed by atoms with Crippen LogP contribution in [0, 0.1) is 17.2 Å². The molecule has 0 aliphatic carbocycles. The van der Waals surface area contributed by atoms with Gasteiger partial charge in [-0.1, -0.05) is 101 Å². The maximum atomic E-state index is 9.51. The second-order valence-electron chi connectivity index (χ2n) is 7.91. The molecule has 0 fully saturated rings. The predicted molar refractivity (Wildman–Crippen MR) is 117 cm³/mol. The van der Waals surface area contributed by atoms with Gasteiger partial charge in [0.15, 0.2) is 0 Å². The number of rotatable bonds is 11. The lowest BCUT2D eigenvalue weighted by atomic mass is 9.88. The lowest BCUT2D eigenvalue weighted by Crippen LogP contribution is -2.02. The topological polar surface area (TPSA) is 23.8 Å². The summed E-state index contributed by atoms with van der Waals surface area (Å²) in [6.07, 6.45) is 9.91. The Labute approximate surface area is 166 Å². The third kappa shape index (κ3) is 6.87. The van der Waals surface area contributed by atoms with Crippen molar-refractivity contribution >= 4 is 0 Å². The molecule has 27 heavy (non-hydrogen) atoms. The maximum absolute atomic E-state index is 9.51. The van der Waals surface area contributed by atoms with Crippen molar-refractivity contribution in [1.82, 2.24) is 0 Å². The highest BCUT2D eigenvalue weighted by Crippen LogP contribution is 2.27. The summed E-state index contributed by atoms with van der Waals surface area (Å²) in [5.41, 5.74) is 5.07. The van der Waals surface area contributed by atoms with Crippen LogP contribution in [0.25, 0.3) is 11.1 Å². The van der Waals surface area contributed by atoms with Gasteiger partial charge in [-0.15, -0.1) is 0 Å². The summed E-state index contributed by atoms with van der Waals surface area (Å²) < 4.78 is 0. The van der Waals surface area contributed by atoms with E-state index in [1.807, 2.05) is 0 Å². The Morgan fingerprint density at radius 3 is 1.96 bits per heavy atom. The average Bonchev–Trinajstić information content (AvgIpc) is 2.72. The second-order valence-corrected chi connectivity index (χ2v) is 7.91. The summed E-state index contributed by atoms with van der Waals surface area (Å²) in [6, 6.07) is 20.1. The zero-order valence-electron chi connectivity index (χ0n) is 17.4. The molecule has 0 saturated heterocycles. The second kappa shape index (κ2) is 11.6. The van der Waals surface area contributed by atoms with E-state index < -0.39 is 0 Å². The predicted octanol–water partition coefficient (Wildman–Crippen LogP) is 7.91. The molecular weight excluding hydrogens is 326 g/mol. The standard InChI is InChI=1S/C26H35N/c1-4-6-7-8-9-10-22-11-13-23(14-12-22)24-15-17-25(18-16-24)26(20-27)19-21(3)5-2/h11-18,21,26H,4-10,19H2,1-3H3. The Bertz CT molecular complexity index is 690. The number of benzene rings is 2. The van der Waals surface area contributed by atoms with Crippen LogP contribution in [0.3, 0.4) is 0 Å². The van der Waals surface area contributed by atoms with E-state index in [4.69, 9.17) is 0 Å². The van der Waals surface area contributed by atoms with Crippen LogP contribution in [0.5, 0.6) is 0 Å². The highest BCUT2D eigenvalue weighted by Gasteiger charge is 2.14. The molecule has 2 aromatic rings. The first-order valence-electron chi connectivity index (χ1n) is 10.8. The Morgan fingerprint density at radius 1 is 0.815 bits per heavy atom. The van der Waals surface area contributed by atoms with Crippen molar-refractivity contribution in [1.29, 1.82) is 5.26 Å². The summed E-state index contributed by atoms with van der Waals surface area (Å²) in [5, 5.41) is 9.51. The van der Waals surface area contributed by atoms with Gasteiger partial charge in [0.1, 0.15) is 0 Å². The van der Waals surface area contributed by atoms with Gasteiger partial charge < -0.3 is 0 Å². The number of nitrogens with zero attached hydrogens (tertiary/aromatic N) is 1. The molecule has 0 aliphatic heterocycles. The Balaban J connectivity index is 1.95. The van der Waals surface area contributed by atoms with Gasteiger partial charge in [0, 0.05) is 0 Å². The van der Waals surface area contributed by atoms with Crippen LogP contribution in [0.15, 0.2) is 48.5 Å². The van der Waals surface area contributed by atoms with E-state index in [1.165, 1.54) is 55.2 Å². The van der Waals surface area contributed by atoms with Crippen LogP contribution >= 0.6 is 0 Å². The van der Waals surface area contributed by atoms with E-state index >= 15 is 0 Å². The van der Waals surface area contributed by atoms with Crippen molar-refractivity contribution in [3.8, 4) is 17.2 Å². The zero-order valence-corrected chi connectivity index (χ0v) is 17.4. The minimum atomic E-state index is 0.00378. The molecule has 0 aliphatic rings. The van der Waals surface area contributed by atoms with Gasteiger partial charge in [0.05, 0.1) is 12.0 Å². The quantitative estimate of drug-likeness (QED) is 0.373. The SMILES string of the molecule is CCCCCCCc1ccc(-c2ccc(C(C#N)CC(C)CC)cc2)cc1. The molecule has 0 amide bonds. The summed E-state index contributed by atoms with van der Waals surface area (Å²) in [6.45, 7) is 6.68. The normalized spacial score (nSPS) is 13.1. The molecule has 0 aromatic heterocycles. The molecule has 2 aromatic carbocycles. The Hall–Kier alpha value is -2.07. The van der Waals surface area contributed by atoms with E-state index in [9.17, 15) is 5.26 Å². The number of aryl methyl sites for hydroxylation is 1. The van der Waals surface area contributed by atoms with Crippen LogP contribution in [0.4, 0.5) is 0 Å². The molecule has 0 heterocycles. The van der Waals surface area contributed by atoms with E-state index in [1.54, 1.807) is 0 Å². The summed E-state index contributed by atoms with van der Waals surface area (Å²) in [4.78, 5) is 0. The molecule has 2 rings (SSSR count). The van der Waals surface area contributed by atoms with Crippen molar-refractivity contribution in [2.75, 3.05) is 0 Å². The number of unbranched alkanes of at least 4 members (excludes halogenated alkanes) is 4. The van der Waals surface area contributed by atoms with Crippen molar-refractivity contribution in [3.63, 3.8) is 0 Å². The number of hydrogen-bond acceptors (Lipinski definition) is 1. The Kier molecular flexibility index (Phi) is 9.12. The van der Waals surface area contributed by atoms with E-state index in [-0.39, 0.29) is 5.92 Å². The fourth-order valence-corrected chi connectivity index (χ4v) is 3.54. The van der Waals surface area contributed by atoms with Gasteiger partial charge in [-0.2, -0.15) is 5.26 Å². The van der Waals surface area contributed by atoms with Crippen molar-refractivity contribution in [2.45, 2.75) is 78.1 Å². The summed E-state index contributed by atoms with van der Waals surface area (Å²) in [5.74, 6) is 0.591. The fourth-order valence-electron chi connectivity index (χ4n) is 3.54. The van der Waals surface area contributed by atoms with Gasteiger partial charge in [-0.25, -0.2) is 0 Å². The molecule has 1 nitrogen and oxygen atoms in total. The van der Waals surface area contributed by atoms with E-state index in [0.717, 1.165) is 18.4 Å². The van der Waals surface area contributed by atoms with Gasteiger partial charge in [-0.05, 0) is 47.4 Å². The lowest BCUT2D eigenvalue weighted by Gasteiger charge is -2.14. The molecule has 0 N–H and O–H groups in total. The molecule has 2 unspecified atom stereocenters. The summed E-state index contributed by atoms with van der Waals surface area (Å²) >= 11 is 0. The van der Waals surface area contributed by atoms with Crippen molar-refractivity contribution in [3.05, 3.63) is 59.7 Å². The van der Waals surface area contributed by atoms with Crippen LogP contribution in [0.1, 0.15) is 82.8 Å². The minimum absolute atomic E-state index is 0.00378. The van der Waals surface area contributed by atoms with Crippen LogP contribution in [0.2, 0.25) is 0 Å². The third-order valence-corrected chi connectivity index (χ3v) is 5.66. The molecule has 0 saturated carbocycles. The van der Waals surface area contributed by atoms with Crippen LogP contribution in [-0.4, -0.2) is 0 Å². The third-order valence-electron chi connectivity index (χ3n) is 5.66. The largest absolute Gasteiger partial charge is 0.198 e. The first-order valence-corrected chi connectivity index (χ1v) is 10.8. The molecule has 2 atom stereocenters. The van der Waals surface area contributed by atoms with Gasteiger partial charge in [0.2, 0.25) is 0 Å².